The Morgan fingerprint density at radius 1 is 1.62 bits per heavy atom. The highest BCUT2D eigenvalue weighted by Gasteiger charge is 2.21. The molecule has 0 radical (unpaired) electrons. The molecule has 76 valence electrons. The quantitative estimate of drug-likeness (QED) is 0.490. The molecule has 1 unspecified atom stereocenters. The van der Waals surface area contributed by atoms with Gasteiger partial charge in [-0.3, -0.25) is 0 Å². The number of hydrogen-bond acceptors (Lipinski definition) is 3. The van der Waals surface area contributed by atoms with E-state index >= 15 is 0 Å². The average Bonchev–Trinajstić information content (AvgIpc) is 2.05. The number of esters is 1. The third-order valence-corrected chi connectivity index (χ3v) is 2.25. The van der Waals surface area contributed by atoms with Crippen LogP contribution < -0.4 is 0 Å². The molecular weight excluding hydrogens is 283 g/mol. The largest absolute Gasteiger partial charge is 0.463 e. The number of hydrogen-bond donors (Lipinski definition) is 1. The zero-order valence-electron chi connectivity index (χ0n) is 8.08. The summed E-state index contributed by atoms with van der Waals surface area (Å²) in [6.45, 7) is 5.77. The SMILES string of the molecule is CCOC(=O)/C(=C\I)C(O)C(C)C. The maximum Gasteiger partial charge on any atom is 0.337 e. The molecule has 0 heterocycles. The Morgan fingerprint density at radius 2 is 2.15 bits per heavy atom. The van der Waals surface area contributed by atoms with Gasteiger partial charge in [0.2, 0.25) is 0 Å². The van der Waals surface area contributed by atoms with Crippen molar-refractivity contribution in [1.82, 2.24) is 0 Å². The number of aliphatic hydroxyl groups is 1. The molecule has 13 heavy (non-hydrogen) atoms. The summed E-state index contributed by atoms with van der Waals surface area (Å²) in [5.74, 6) is -0.413. The summed E-state index contributed by atoms with van der Waals surface area (Å²) in [5.41, 5.74) is 0.331. The molecule has 0 aliphatic heterocycles. The van der Waals surface area contributed by atoms with Crippen LogP contribution in [0.2, 0.25) is 0 Å². The van der Waals surface area contributed by atoms with Gasteiger partial charge in [0.15, 0.2) is 0 Å². The van der Waals surface area contributed by atoms with E-state index in [-0.39, 0.29) is 5.92 Å². The van der Waals surface area contributed by atoms with E-state index in [1.54, 1.807) is 11.0 Å². The van der Waals surface area contributed by atoms with E-state index in [9.17, 15) is 9.90 Å². The number of carbonyl (C=O) groups excluding carboxylic acids is 1. The van der Waals surface area contributed by atoms with Crippen LogP contribution in [0.3, 0.4) is 0 Å². The highest BCUT2D eigenvalue weighted by molar-refractivity contribution is 14.1. The smallest absolute Gasteiger partial charge is 0.337 e. The number of aliphatic hydroxyl groups excluding tert-OH is 1. The Hall–Kier alpha value is -0.100. The summed E-state index contributed by atoms with van der Waals surface area (Å²) < 4.78 is 6.36. The van der Waals surface area contributed by atoms with Crippen LogP contribution in [0, 0.1) is 5.92 Å². The molecule has 1 N–H and O–H groups in total. The van der Waals surface area contributed by atoms with E-state index in [2.05, 4.69) is 0 Å². The van der Waals surface area contributed by atoms with Crippen molar-refractivity contribution >= 4 is 28.6 Å². The van der Waals surface area contributed by atoms with Gasteiger partial charge in [-0.15, -0.1) is 0 Å². The zero-order chi connectivity index (χ0) is 10.4. The maximum atomic E-state index is 11.3. The maximum absolute atomic E-state index is 11.3. The van der Waals surface area contributed by atoms with E-state index in [1.165, 1.54) is 0 Å². The molecule has 1 atom stereocenters. The average molecular weight is 298 g/mol. The van der Waals surface area contributed by atoms with Gasteiger partial charge < -0.3 is 9.84 Å². The molecule has 0 fully saturated rings. The zero-order valence-corrected chi connectivity index (χ0v) is 10.2. The van der Waals surface area contributed by atoms with Crippen molar-refractivity contribution in [2.75, 3.05) is 6.61 Å². The van der Waals surface area contributed by atoms with Crippen molar-refractivity contribution in [2.45, 2.75) is 26.9 Å². The van der Waals surface area contributed by atoms with Gasteiger partial charge in [-0.05, 0) is 16.9 Å². The second-order valence-electron chi connectivity index (χ2n) is 2.97. The molecule has 0 amide bonds. The van der Waals surface area contributed by atoms with Crippen molar-refractivity contribution in [3.8, 4) is 0 Å². The molecule has 0 bridgehead atoms. The van der Waals surface area contributed by atoms with Crippen molar-refractivity contribution < 1.29 is 14.6 Å². The minimum absolute atomic E-state index is 0.0189. The molecule has 4 heteroatoms. The predicted octanol–water partition coefficient (Wildman–Crippen LogP) is 1.89. The van der Waals surface area contributed by atoms with Crippen LogP contribution in [-0.4, -0.2) is 23.8 Å². The first kappa shape index (κ1) is 12.9. The molecule has 0 aromatic carbocycles. The summed E-state index contributed by atoms with van der Waals surface area (Å²) in [5, 5.41) is 9.61. The van der Waals surface area contributed by atoms with Gasteiger partial charge in [0, 0.05) is 0 Å². The van der Waals surface area contributed by atoms with Crippen molar-refractivity contribution in [1.29, 1.82) is 0 Å². The van der Waals surface area contributed by atoms with Gasteiger partial charge in [0.25, 0.3) is 0 Å². The summed E-state index contributed by atoms with van der Waals surface area (Å²) in [6, 6.07) is 0. The Bertz CT molecular complexity index is 199. The second-order valence-corrected chi connectivity index (χ2v) is 3.60. The van der Waals surface area contributed by atoms with E-state index in [4.69, 9.17) is 4.74 Å². The Balaban J connectivity index is 4.44. The molecule has 0 rings (SSSR count). The van der Waals surface area contributed by atoms with Crippen molar-refractivity contribution in [3.05, 3.63) is 9.66 Å². The molecular formula is C9H15IO3. The van der Waals surface area contributed by atoms with Gasteiger partial charge in [0.05, 0.1) is 18.3 Å². The minimum Gasteiger partial charge on any atom is -0.463 e. The van der Waals surface area contributed by atoms with Crippen molar-refractivity contribution in [2.24, 2.45) is 5.92 Å². The fourth-order valence-electron chi connectivity index (χ4n) is 0.803. The summed E-state index contributed by atoms with van der Waals surface area (Å²) in [6.07, 6.45) is -0.740. The van der Waals surface area contributed by atoms with Crippen LogP contribution in [-0.2, 0) is 9.53 Å². The molecule has 0 aliphatic carbocycles. The highest BCUT2D eigenvalue weighted by atomic mass is 127. The predicted molar refractivity (Wildman–Crippen MR) is 59.6 cm³/mol. The lowest BCUT2D eigenvalue weighted by atomic mass is 10.0. The minimum atomic E-state index is -0.740. The number of carbonyl (C=O) groups is 1. The first-order chi connectivity index (χ1) is 6.04. The number of rotatable bonds is 4. The highest BCUT2D eigenvalue weighted by Crippen LogP contribution is 2.15. The van der Waals surface area contributed by atoms with Gasteiger partial charge in [0.1, 0.15) is 0 Å². The Kier molecular flexibility index (Phi) is 6.32. The molecule has 0 saturated carbocycles. The van der Waals surface area contributed by atoms with Crippen molar-refractivity contribution in [3.63, 3.8) is 0 Å². The summed E-state index contributed by atoms with van der Waals surface area (Å²) >= 11 is 1.93. The molecule has 0 aliphatic rings. The lowest BCUT2D eigenvalue weighted by Crippen LogP contribution is -2.24. The van der Waals surface area contributed by atoms with Crippen LogP contribution in [0.5, 0.6) is 0 Å². The monoisotopic (exact) mass is 298 g/mol. The van der Waals surface area contributed by atoms with E-state index in [0.717, 1.165) is 0 Å². The normalized spacial score (nSPS) is 14.5. The van der Waals surface area contributed by atoms with Crippen LogP contribution in [0.25, 0.3) is 0 Å². The third kappa shape index (κ3) is 4.08. The molecule has 3 nitrogen and oxygen atoms in total. The Labute approximate surface area is 92.3 Å². The third-order valence-electron chi connectivity index (χ3n) is 1.58. The van der Waals surface area contributed by atoms with Gasteiger partial charge in [-0.25, -0.2) is 4.79 Å². The van der Waals surface area contributed by atoms with Gasteiger partial charge in [-0.1, -0.05) is 36.4 Å². The first-order valence-corrected chi connectivity index (χ1v) is 5.44. The van der Waals surface area contributed by atoms with Crippen LogP contribution >= 0.6 is 22.6 Å². The summed E-state index contributed by atoms with van der Waals surface area (Å²) in [4.78, 5) is 11.3. The lowest BCUT2D eigenvalue weighted by molar-refractivity contribution is -0.139. The number of halogens is 1. The lowest BCUT2D eigenvalue weighted by Gasteiger charge is -2.16. The van der Waals surface area contributed by atoms with Crippen LogP contribution in [0.4, 0.5) is 0 Å². The van der Waals surface area contributed by atoms with E-state index < -0.39 is 12.1 Å². The van der Waals surface area contributed by atoms with Crippen LogP contribution in [0.15, 0.2) is 9.66 Å². The molecule has 0 aromatic rings. The molecule has 0 spiro atoms. The van der Waals surface area contributed by atoms with Crippen LogP contribution in [0.1, 0.15) is 20.8 Å². The van der Waals surface area contributed by atoms with Gasteiger partial charge >= 0.3 is 5.97 Å². The van der Waals surface area contributed by atoms with Gasteiger partial charge in [-0.2, -0.15) is 0 Å². The molecule has 0 saturated heterocycles. The fourth-order valence-corrected chi connectivity index (χ4v) is 1.43. The summed E-state index contributed by atoms with van der Waals surface area (Å²) in [7, 11) is 0. The van der Waals surface area contributed by atoms with E-state index in [0.29, 0.717) is 12.2 Å². The second kappa shape index (κ2) is 6.37. The topological polar surface area (TPSA) is 46.5 Å². The first-order valence-electron chi connectivity index (χ1n) is 4.20. The fraction of sp³-hybridized carbons (Fsp3) is 0.667. The molecule has 0 aromatic heterocycles. The number of ether oxygens (including phenoxy) is 1. The Morgan fingerprint density at radius 3 is 2.46 bits per heavy atom. The standard InChI is InChI=1S/C9H15IO3/c1-4-13-9(12)7(5-10)8(11)6(2)3/h5-6,8,11H,4H2,1-3H3/b7-5-. The van der Waals surface area contributed by atoms with E-state index in [1.807, 2.05) is 36.4 Å².